The van der Waals surface area contributed by atoms with Gasteiger partial charge in [-0.2, -0.15) is 0 Å². The van der Waals surface area contributed by atoms with Crippen molar-refractivity contribution < 1.29 is 84.3 Å². The summed E-state index contributed by atoms with van der Waals surface area (Å²) in [6.07, 6.45) is -3.63. The molecule has 3 heterocycles. The third kappa shape index (κ3) is 7.82. The third-order valence-electron chi connectivity index (χ3n) is 7.97. The minimum atomic E-state index is -2.96. The summed E-state index contributed by atoms with van der Waals surface area (Å²) in [6.45, 7) is 2.48. The van der Waals surface area contributed by atoms with Crippen LogP contribution in [0.2, 0.25) is 0 Å². The van der Waals surface area contributed by atoms with Gasteiger partial charge in [0.25, 0.3) is 0 Å². The number of aliphatic hydroxyl groups is 7. The van der Waals surface area contributed by atoms with Crippen LogP contribution in [-0.4, -0.2) is 143 Å². The summed E-state index contributed by atoms with van der Waals surface area (Å²) in [5.74, 6) is -8.00. The minimum absolute atomic E-state index is 0.128. The zero-order valence-corrected chi connectivity index (χ0v) is 24.3. The van der Waals surface area contributed by atoms with Gasteiger partial charge in [-0.25, -0.2) is 4.79 Å². The van der Waals surface area contributed by atoms with Crippen LogP contribution in [-0.2, 0) is 33.3 Å². The second kappa shape index (κ2) is 15.7. The Balaban J connectivity index is 1.97. The van der Waals surface area contributed by atoms with Crippen LogP contribution >= 0.6 is 0 Å². The molecule has 2 saturated heterocycles. The van der Waals surface area contributed by atoms with Crippen LogP contribution in [0.25, 0.3) is 0 Å². The number of piperidine rings is 1. The standard InChI is InChI=1S/C27H42N2O15/c1-3-17-24(44-25-21(41-13-28-2)27(38,39)20(33)19(11-31)43-25)40-12-18(23(36)42-14-32)26(17,37)5-4-15-8-16(22(34)35)10-29(9-15)6-7-30/h3-5,12,15-17,19-21,24-25,28,30-33,37-39H,1,6-11,13-14H2,2H3,(H,34,35)/p+1/t15?,16?,17-,19+,20+,21+,24+,25-,26+/m0/s1. The van der Waals surface area contributed by atoms with Crippen molar-refractivity contribution in [3.8, 4) is 0 Å². The maximum absolute atomic E-state index is 12.8. The molecule has 17 nitrogen and oxygen atoms in total. The predicted molar refractivity (Wildman–Crippen MR) is 141 cm³/mol. The SMILES string of the molecule is C=C[C@H]1[C@@H](O[C@@H]2O[C@H](CO)[C@@H](O)C(O)(O)[C@@H]2OC[NH2+]C)OC=C(C(=O)OCO)[C@@]1(O)C=CC1CC(C(=O)[O-])C[NH+](CCO)C1. The Hall–Kier alpha value is -2.52. The van der Waals surface area contributed by atoms with Crippen molar-refractivity contribution in [2.24, 2.45) is 17.8 Å². The number of carboxylic acid groups (broad SMARTS) is 1. The number of aliphatic hydroxyl groups excluding tert-OH is 4. The fourth-order valence-corrected chi connectivity index (χ4v) is 5.70. The smallest absolute Gasteiger partial charge is 0.342 e. The third-order valence-corrected chi connectivity index (χ3v) is 7.97. The molecule has 0 aromatic heterocycles. The average molecular weight is 636 g/mol. The van der Waals surface area contributed by atoms with E-state index in [1.807, 2.05) is 0 Å². The molecule has 3 aliphatic rings. The van der Waals surface area contributed by atoms with Crippen molar-refractivity contribution >= 4 is 11.9 Å². The van der Waals surface area contributed by atoms with Gasteiger partial charge < -0.3 is 79.5 Å². The molecule has 3 aliphatic heterocycles. The van der Waals surface area contributed by atoms with Gasteiger partial charge in [-0.15, -0.1) is 6.58 Å². The Morgan fingerprint density at radius 3 is 2.55 bits per heavy atom. The maximum atomic E-state index is 12.8. The predicted octanol–water partition coefficient (Wildman–Crippen LogP) is -7.62. The molecule has 2 fully saturated rings. The highest BCUT2D eigenvalue weighted by molar-refractivity contribution is 5.91. The first kappa shape index (κ1) is 36.0. The zero-order valence-electron chi connectivity index (χ0n) is 24.3. The number of esters is 1. The van der Waals surface area contributed by atoms with Crippen LogP contribution in [0.4, 0.5) is 0 Å². The number of ether oxygens (including phenoxy) is 5. The van der Waals surface area contributed by atoms with Gasteiger partial charge in [0.05, 0.1) is 45.2 Å². The summed E-state index contributed by atoms with van der Waals surface area (Å²) in [5, 5.41) is 85.2. The Labute approximate surface area is 253 Å². The highest BCUT2D eigenvalue weighted by Crippen LogP contribution is 2.40. The number of quaternary nitrogens is 2. The monoisotopic (exact) mass is 635 g/mol. The fourth-order valence-electron chi connectivity index (χ4n) is 5.70. The second-order valence-corrected chi connectivity index (χ2v) is 10.9. The number of carbonyl (C=O) groups excluding carboxylic acids is 2. The lowest BCUT2D eigenvalue weighted by Crippen LogP contribution is -3.15. The topological polar surface area (TPSA) is 266 Å². The van der Waals surface area contributed by atoms with E-state index < -0.39 is 90.9 Å². The number of nitrogens with one attached hydrogen (secondary N) is 1. The molecule has 10 atom stereocenters. The normalized spacial score (nSPS) is 37.2. The van der Waals surface area contributed by atoms with Gasteiger partial charge in [0.15, 0.2) is 25.9 Å². The van der Waals surface area contributed by atoms with Crippen LogP contribution < -0.4 is 15.3 Å². The molecule has 0 saturated carbocycles. The van der Waals surface area contributed by atoms with Crippen LogP contribution in [0.5, 0.6) is 0 Å². The van der Waals surface area contributed by atoms with E-state index in [1.165, 1.54) is 23.5 Å². The number of carbonyl (C=O) groups is 2. The van der Waals surface area contributed by atoms with Crippen molar-refractivity contribution in [2.75, 3.05) is 53.4 Å². The lowest BCUT2D eigenvalue weighted by atomic mass is 9.77. The first-order valence-electron chi connectivity index (χ1n) is 14.1. The van der Waals surface area contributed by atoms with E-state index in [1.54, 1.807) is 7.05 Å². The molecule has 0 radical (unpaired) electrons. The van der Waals surface area contributed by atoms with Crippen LogP contribution in [0, 0.1) is 17.8 Å². The summed E-state index contributed by atoms with van der Waals surface area (Å²) in [6, 6.07) is 0. The largest absolute Gasteiger partial charge is 0.550 e. The lowest BCUT2D eigenvalue weighted by Gasteiger charge is -2.48. The highest BCUT2D eigenvalue weighted by Gasteiger charge is 2.58. The fraction of sp³-hybridized carbons (Fsp3) is 0.704. The summed E-state index contributed by atoms with van der Waals surface area (Å²) in [4.78, 5) is 25.3. The first-order chi connectivity index (χ1) is 20.9. The molecule has 0 spiro atoms. The van der Waals surface area contributed by atoms with E-state index in [-0.39, 0.29) is 32.8 Å². The highest BCUT2D eigenvalue weighted by atomic mass is 16.8. The van der Waals surface area contributed by atoms with Gasteiger partial charge in [-0.3, -0.25) is 0 Å². The molecular weight excluding hydrogens is 592 g/mol. The van der Waals surface area contributed by atoms with E-state index >= 15 is 0 Å². The number of aliphatic carboxylic acids is 1. The Kier molecular flexibility index (Phi) is 12.8. The molecule has 3 rings (SSSR count). The van der Waals surface area contributed by atoms with E-state index in [0.29, 0.717) is 6.54 Å². The summed E-state index contributed by atoms with van der Waals surface area (Å²) >= 11 is 0. The molecular formula is C27H43N2O15+. The van der Waals surface area contributed by atoms with Gasteiger partial charge in [0, 0.05) is 11.8 Å². The van der Waals surface area contributed by atoms with Crippen molar-refractivity contribution in [3.63, 3.8) is 0 Å². The van der Waals surface area contributed by atoms with Gasteiger partial charge in [-0.1, -0.05) is 18.2 Å². The zero-order chi connectivity index (χ0) is 32.7. The van der Waals surface area contributed by atoms with Crippen LogP contribution in [0.3, 0.4) is 0 Å². The number of carboxylic acids is 1. The number of likely N-dealkylation sites (tertiary alicyclic amines) is 1. The molecule has 10 N–H and O–H groups in total. The minimum Gasteiger partial charge on any atom is -0.550 e. The van der Waals surface area contributed by atoms with E-state index in [0.717, 1.165) is 11.2 Å². The number of hydrogen-bond acceptors (Lipinski definition) is 15. The first-order valence-corrected chi connectivity index (χ1v) is 14.1. The van der Waals surface area contributed by atoms with Gasteiger partial charge >= 0.3 is 5.97 Å². The molecule has 250 valence electrons. The van der Waals surface area contributed by atoms with Crippen molar-refractivity contribution in [1.29, 1.82) is 0 Å². The average Bonchev–Trinajstić information content (AvgIpc) is 2.98. The van der Waals surface area contributed by atoms with Gasteiger partial charge in [0.1, 0.15) is 36.2 Å². The number of hydrogen-bond donors (Lipinski definition) is 9. The molecule has 0 aliphatic carbocycles. The molecule has 0 amide bonds. The molecule has 0 aromatic rings. The molecule has 44 heavy (non-hydrogen) atoms. The maximum Gasteiger partial charge on any atom is 0.342 e. The Morgan fingerprint density at radius 2 is 1.95 bits per heavy atom. The van der Waals surface area contributed by atoms with Gasteiger partial charge in [-0.05, 0) is 6.42 Å². The quantitative estimate of drug-likeness (QED) is 0.0487. The molecule has 0 aromatic carbocycles. The Bertz CT molecular complexity index is 1050. The lowest BCUT2D eigenvalue weighted by molar-refractivity contribution is -0.911. The summed E-state index contributed by atoms with van der Waals surface area (Å²) in [5.41, 5.74) is -2.77. The molecule has 0 bridgehead atoms. The van der Waals surface area contributed by atoms with Crippen LogP contribution in [0.15, 0.2) is 36.6 Å². The Morgan fingerprint density at radius 1 is 1.23 bits per heavy atom. The summed E-state index contributed by atoms with van der Waals surface area (Å²) < 4.78 is 27.2. The van der Waals surface area contributed by atoms with E-state index in [4.69, 9.17) is 18.9 Å². The van der Waals surface area contributed by atoms with Crippen LogP contribution in [0.1, 0.15) is 6.42 Å². The van der Waals surface area contributed by atoms with Gasteiger partial charge in [0.2, 0.25) is 12.1 Å². The number of nitrogens with two attached hydrogens (primary N) is 1. The van der Waals surface area contributed by atoms with E-state index in [9.17, 15) is 50.4 Å². The molecule has 17 heteroatoms. The van der Waals surface area contributed by atoms with E-state index in [2.05, 4.69) is 11.3 Å². The second-order valence-electron chi connectivity index (χ2n) is 10.9. The van der Waals surface area contributed by atoms with Crippen molar-refractivity contribution in [3.05, 3.63) is 36.6 Å². The number of rotatable bonds is 14. The molecule has 3 unspecified atom stereocenters. The summed E-state index contributed by atoms with van der Waals surface area (Å²) in [7, 11) is 1.62. The van der Waals surface area contributed by atoms with Crippen molar-refractivity contribution in [2.45, 2.75) is 48.7 Å². The van der Waals surface area contributed by atoms with Crippen molar-refractivity contribution in [1.82, 2.24) is 0 Å².